The van der Waals surface area contributed by atoms with Gasteiger partial charge in [-0.15, -0.1) is 0 Å². The van der Waals surface area contributed by atoms with E-state index in [2.05, 4.69) is 10.2 Å². The first-order valence-electron chi connectivity index (χ1n) is 7.99. The molecule has 0 atom stereocenters. The number of phenols is 1. The topological polar surface area (TPSA) is 93.1 Å². The second-order valence-corrected chi connectivity index (χ2v) is 5.51. The van der Waals surface area contributed by atoms with Crippen molar-refractivity contribution in [2.45, 2.75) is 20.4 Å². The van der Waals surface area contributed by atoms with Crippen LogP contribution in [0.4, 0.5) is 5.69 Å². The van der Waals surface area contributed by atoms with E-state index in [1.165, 1.54) is 6.08 Å². The number of hydrogen-bond donors (Lipinski definition) is 3. The first-order chi connectivity index (χ1) is 11.5. The zero-order valence-corrected chi connectivity index (χ0v) is 14.0. The Kier molecular flexibility index (Phi) is 5.94. The van der Waals surface area contributed by atoms with Crippen molar-refractivity contribution in [3.8, 4) is 5.75 Å². The van der Waals surface area contributed by atoms with Crippen LogP contribution in [0.5, 0.6) is 5.75 Å². The van der Waals surface area contributed by atoms with Gasteiger partial charge in [0.2, 0.25) is 0 Å². The van der Waals surface area contributed by atoms with E-state index in [4.69, 9.17) is 5.11 Å². The number of benzene rings is 1. The molecular formula is C17H23N3O4. The third-order valence-corrected chi connectivity index (χ3v) is 3.98. The van der Waals surface area contributed by atoms with Gasteiger partial charge < -0.3 is 15.5 Å². The van der Waals surface area contributed by atoms with Crippen molar-refractivity contribution in [3.63, 3.8) is 0 Å². The van der Waals surface area contributed by atoms with Gasteiger partial charge in [-0.2, -0.15) is 0 Å². The molecule has 0 spiro atoms. The molecule has 1 aliphatic heterocycles. The molecule has 2 rings (SSSR count). The highest BCUT2D eigenvalue weighted by Crippen LogP contribution is 2.25. The molecule has 1 aromatic rings. The minimum Gasteiger partial charge on any atom is -0.508 e. The molecule has 7 nitrogen and oxygen atoms in total. The molecule has 0 fully saturated rings. The maximum Gasteiger partial charge on any atom is 0.277 e. The van der Waals surface area contributed by atoms with E-state index in [0.717, 1.165) is 23.6 Å². The Morgan fingerprint density at radius 2 is 1.92 bits per heavy atom. The number of phenolic OH excluding ortho intramolecular Hbond substituents is 1. The molecule has 7 heteroatoms. The van der Waals surface area contributed by atoms with E-state index in [1.54, 1.807) is 18.2 Å². The number of carbonyl (C=O) groups is 2. The quantitative estimate of drug-likeness (QED) is 0.483. The average Bonchev–Trinajstić information content (AvgIpc) is 2.83. The first-order valence-corrected chi connectivity index (χ1v) is 7.99. The molecule has 0 saturated carbocycles. The van der Waals surface area contributed by atoms with Gasteiger partial charge in [-0.25, -0.2) is 0 Å². The molecule has 0 radical (unpaired) electrons. The third kappa shape index (κ3) is 3.93. The lowest BCUT2D eigenvalue weighted by molar-refractivity contribution is -0.137. The molecule has 0 aliphatic carbocycles. The van der Waals surface area contributed by atoms with Crippen LogP contribution in [0.3, 0.4) is 0 Å². The SMILES string of the molecule is CCN(CC)Cc1cc(NC2=CC(=O)N(CCO)C2=O)ccc1O. The Labute approximate surface area is 141 Å². The fourth-order valence-electron chi connectivity index (χ4n) is 2.54. The molecule has 24 heavy (non-hydrogen) atoms. The zero-order valence-electron chi connectivity index (χ0n) is 14.0. The van der Waals surface area contributed by atoms with E-state index < -0.39 is 11.8 Å². The molecule has 2 amide bonds. The number of aliphatic hydroxyl groups excluding tert-OH is 1. The van der Waals surface area contributed by atoms with Crippen molar-refractivity contribution in [1.82, 2.24) is 9.80 Å². The summed E-state index contributed by atoms with van der Waals surface area (Å²) in [5.41, 5.74) is 1.52. The number of nitrogens with zero attached hydrogens (tertiary/aromatic N) is 2. The summed E-state index contributed by atoms with van der Waals surface area (Å²) in [6, 6.07) is 4.98. The van der Waals surface area contributed by atoms with Crippen molar-refractivity contribution >= 4 is 17.5 Å². The molecule has 1 heterocycles. The van der Waals surface area contributed by atoms with Crippen LogP contribution in [0.25, 0.3) is 0 Å². The number of nitrogens with one attached hydrogen (secondary N) is 1. The molecule has 0 saturated heterocycles. The average molecular weight is 333 g/mol. The molecule has 0 aromatic heterocycles. The Balaban J connectivity index is 2.15. The van der Waals surface area contributed by atoms with E-state index >= 15 is 0 Å². The largest absolute Gasteiger partial charge is 0.508 e. The summed E-state index contributed by atoms with van der Waals surface area (Å²) in [4.78, 5) is 27.0. The molecule has 1 aliphatic rings. The first kappa shape index (κ1) is 18.0. The number of aliphatic hydroxyl groups is 1. The lowest BCUT2D eigenvalue weighted by Crippen LogP contribution is -2.34. The molecule has 3 N–H and O–H groups in total. The van der Waals surface area contributed by atoms with Crippen LogP contribution in [-0.4, -0.2) is 58.1 Å². The Morgan fingerprint density at radius 1 is 1.21 bits per heavy atom. The highest BCUT2D eigenvalue weighted by atomic mass is 16.3. The summed E-state index contributed by atoms with van der Waals surface area (Å²) in [7, 11) is 0. The third-order valence-electron chi connectivity index (χ3n) is 3.98. The number of carbonyl (C=O) groups excluding carboxylic acids is 2. The van der Waals surface area contributed by atoms with Gasteiger partial charge in [0.05, 0.1) is 13.2 Å². The van der Waals surface area contributed by atoms with Crippen LogP contribution in [0.1, 0.15) is 19.4 Å². The summed E-state index contributed by atoms with van der Waals surface area (Å²) < 4.78 is 0. The highest BCUT2D eigenvalue weighted by Gasteiger charge is 2.30. The molecule has 0 unspecified atom stereocenters. The fourth-order valence-corrected chi connectivity index (χ4v) is 2.54. The standard InChI is InChI=1S/C17H23N3O4/c1-3-19(4-2)11-12-9-13(5-6-15(12)22)18-14-10-16(23)20(7-8-21)17(14)24/h5-6,9-10,18,21-22H,3-4,7-8,11H2,1-2H3. The Hall–Kier alpha value is -2.38. The van der Waals surface area contributed by atoms with Gasteiger partial charge in [0.1, 0.15) is 11.4 Å². The number of aromatic hydroxyl groups is 1. The normalized spacial score (nSPS) is 14.5. The summed E-state index contributed by atoms with van der Waals surface area (Å²) in [6.07, 6.45) is 1.22. The second-order valence-electron chi connectivity index (χ2n) is 5.51. The van der Waals surface area contributed by atoms with Crippen molar-refractivity contribution in [2.24, 2.45) is 0 Å². The monoisotopic (exact) mass is 333 g/mol. The van der Waals surface area contributed by atoms with Gasteiger partial charge >= 0.3 is 0 Å². The summed E-state index contributed by atoms with van der Waals surface area (Å²) >= 11 is 0. The van der Waals surface area contributed by atoms with Gasteiger partial charge in [-0.3, -0.25) is 19.4 Å². The van der Waals surface area contributed by atoms with E-state index in [0.29, 0.717) is 12.2 Å². The number of anilines is 1. The Bertz CT molecular complexity index is 653. The van der Waals surface area contributed by atoms with Crippen molar-refractivity contribution in [3.05, 3.63) is 35.5 Å². The molecular weight excluding hydrogens is 310 g/mol. The predicted molar refractivity (Wildman–Crippen MR) is 90.2 cm³/mol. The van der Waals surface area contributed by atoms with Gasteiger partial charge in [0.15, 0.2) is 0 Å². The van der Waals surface area contributed by atoms with Crippen molar-refractivity contribution < 1.29 is 19.8 Å². The number of rotatable bonds is 8. The van der Waals surface area contributed by atoms with Gasteiger partial charge in [0.25, 0.3) is 11.8 Å². The minimum atomic E-state index is -0.465. The van der Waals surface area contributed by atoms with Gasteiger partial charge in [-0.05, 0) is 31.3 Å². The van der Waals surface area contributed by atoms with Crippen LogP contribution >= 0.6 is 0 Å². The van der Waals surface area contributed by atoms with Crippen LogP contribution < -0.4 is 5.32 Å². The van der Waals surface area contributed by atoms with E-state index in [-0.39, 0.29) is 24.6 Å². The van der Waals surface area contributed by atoms with Crippen LogP contribution in [0.2, 0.25) is 0 Å². The predicted octanol–water partition coefficient (Wildman–Crippen LogP) is 0.891. The minimum absolute atomic E-state index is 0.0257. The highest BCUT2D eigenvalue weighted by molar-refractivity contribution is 6.17. The maximum absolute atomic E-state index is 12.1. The lowest BCUT2D eigenvalue weighted by atomic mass is 10.1. The molecule has 0 bridgehead atoms. The summed E-state index contributed by atoms with van der Waals surface area (Å²) in [5.74, 6) is -0.719. The van der Waals surface area contributed by atoms with Crippen LogP contribution in [0, 0.1) is 0 Å². The zero-order chi connectivity index (χ0) is 17.7. The number of amides is 2. The lowest BCUT2D eigenvalue weighted by Gasteiger charge is -2.19. The number of imide groups is 1. The molecule has 1 aromatic carbocycles. The Morgan fingerprint density at radius 3 is 2.54 bits per heavy atom. The van der Waals surface area contributed by atoms with E-state index in [9.17, 15) is 14.7 Å². The summed E-state index contributed by atoms with van der Waals surface area (Å²) in [5, 5.41) is 21.9. The fraction of sp³-hybridized carbons (Fsp3) is 0.412. The summed E-state index contributed by atoms with van der Waals surface area (Å²) in [6.45, 7) is 6.12. The number of β-amino-alcohol motifs (C(OH)–C–C–N with tert-alkyl or cyclic N) is 1. The number of hydrogen-bond acceptors (Lipinski definition) is 6. The molecule has 130 valence electrons. The van der Waals surface area contributed by atoms with Crippen LogP contribution in [-0.2, 0) is 16.1 Å². The van der Waals surface area contributed by atoms with Gasteiger partial charge in [-0.1, -0.05) is 13.8 Å². The second kappa shape index (κ2) is 7.94. The van der Waals surface area contributed by atoms with Crippen molar-refractivity contribution in [2.75, 3.05) is 31.6 Å². The van der Waals surface area contributed by atoms with Crippen LogP contribution in [0.15, 0.2) is 30.0 Å². The van der Waals surface area contributed by atoms with Gasteiger partial charge in [0, 0.05) is 23.9 Å². The smallest absolute Gasteiger partial charge is 0.277 e. The maximum atomic E-state index is 12.1. The van der Waals surface area contributed by atoms with E-state index in [1.807, 2.05) is 13.8 Å². The van der Waals surface area contributed by atoms with Crippen molar-refractivity contribution in [1.29, 1.82) is 0 Å².